The third-order valence-electron chi connectivity index (χ3n) is 5.27. The predicted octanol–water partition coefficient (Wildman–Crippen LogP) is 1.01. The molecule has 1 aromatic carbocycles. The molecule has 1 unspecified atom stereocenters. The molecular formula is C21H25ClN4O6. The number of benzene rings is 1. The number of hydrogen-bond donors (Lipinski definition) is 3. The molecule has 1 aliphatic rings. The van der Waals surface area contributed by atoms with Crippen LogP contribution in [-0.2, 0) is 20.8 Å². The second kappa shape index (κ2) is 10.5. The molecule has 3 N–H and O–H groups in total. The summed E-state index contributed by atoms with van der Waals surface area (Å²) in [5, 5.41) is 8.36. The van der Waals surface area contributed by atoms with E-state index in [1.807, 2.05) is 6.92 Å². The molecule has 0 bridgehead atoms. The summed E-state index contributed by atoms with van der Waals surface area (Å²) in [6.45, 7) is 1.38. The maximum absolute atomic E-state index is 13.2. The van der Waals surface area contributed by atoms with Crippen LogP contribution in [0.3, 0.4) is 0 Å². The molecule has 1 aromatic heterocycles. The number of H-pyrrole nitrogens is 1. The van der Waals surface area contributed by atoms with E-state index in [-0.39, 0.29) is 31.6 Å². The van der Waals surface area contributed by atoms with Crippen molar-refractivity contribution in [1.29, 1.82) is 0 Å². The highest BCUT2D eigenvalue weighted by Gasteiger charge is 2.34. The summed E-state index contributed by atoms with van der Waals surface area (Å²) in [4.78, 5) is 50.4. The summed E-state index contributed by atoms with van der Waals surface area (Å²) >= 11 is 6.09. The van der Waals surface area contributed by atoms with Gasteiger partial charge in [0.1, 0.15) is 12.3 Å². The molecule has 2 aromatic rings. The third kappa shape index (κ3) is 5.57. The van der Waals surface area contributed by atoms with Crippen LogP contribution in [0, 0.1) is 5.92 Å². The molecule has 32 heavy (non-hydrogen) atoms. The van der Waals surface area contributed by atoms with Gasteiger partial charge in [0.05, 0.1) is 25.6 Å². The first-order chi connectivity index (χ1) is 15.3. The quantitative estimate of drug-likeness (QED) is 0.531. The van der Waals surface area contributed by atoms with Crippen molar-refractivity contribution in [3.8, 4) is 5.75 Å². The lowest BCUT2D eigenvalue weighted by Crippen LogP contribution is -2.46. The average Bonchev–Trinajstić information content (AvgIpc) is 3.14. The van der Waals surface area contributed by atoms with E-state index in [1.165, 1.54) is 13.2 Å². The van der Waals surface area contributed by atoms with Crippen molar-refractivity contribution in [2.24, 2.45) is 5.92 Å². The number of halogens is 1. The largest absolute Gasteiger partial charge is 0.496 e. The van der Waals surface area contributed by atoms with Crippen LogP contribution in [0.2, 0.25) is 5.02 Å². The number of aromatic amines is 1. The average molecular weight is 465 g/mol. The molecule has 172 valence electrons. The first kappa shape index (κ1) is 23.6. The summed E-state index contributed by atoms with van der Waals surface area (Å²) in [5.74, 6) is -1.17. The molecule has 2 atom stereocenters. The third-order valence-corrected chi connectivity index (χ3v) is 5.50. The molecule has 2 heterocycles. The number of aromatic nitrogens is 1. The Hall–Kier alpha value is -3.11. The van der Waals surface area contributed by atoms with Crippen LogP contribution in [0.15, 0.2) is 33.6 Å². The zero-order valence-corrected chi connectivity index (χ0v) is 18.5. The van der Waals surface area contributed by atoms with Crippen LogP contribution in [0.1, 0.15) is 30.7 Å². The van der Waals surface area contributed by atoms with Crippen LogP contribution < -0.4 is 20.9 Å². The normalized spacial score (nSPS) is 17.6. The number of nitrogens with zero attached hydrogens (tertiary/aromatic N) is 1. The SMILES string of the molecule is CCC(NCC(=O)N1CC(=O)NC[C@@H](Cc2cc(Cl)ccc2OC)C1=O)c1cc(=O)[nH]o1. The zero-order chi connectivity index (χ0) is 23.3. The second-order valence-electron chi connectivity index (χ2n) is 7.44. The molecule has 1 saturated heterocycles. The van der Waals surface area contributed by atoms with Gasteiger partial charge in [-0.15, -0.1) is 0 Å². The van der Waals surface area contributed by atoms with E-state index in [0.717, 1.165) is 4.90 Å². The highest BCUT2D eigenvalue weighted by molar-refractivity contribution is 6.30. The first-order valence-corrected chi connectivity index (χ1v) is 10.5. The lowest BCUT2D eigenvalue weighted by atomic mass is 9.97. The van der Waals surface area contributed by atoms with Crippen LogP contribution in [0.4, 0.5) is 0 Å². The Morgan fingerprint density at radius 2 is 2.12 bits per heavy atom. The number of carbonyl (C=O) groups is 3. The second-order valence-corrected chi connectivity index (χ2v) is 7.87. The molecule has 0 saturated carbocycles. The van der Waals surface area contributed by atoms with Crippen molar-refractivity contribution in [2.45, 2.75) is 25.8 Å². The molecular weight excluding hydrogens is 440 g/mol. The van der Waals surface area contributed by atoms with Crippen LogP contribution in [0.25, 0.3) is 0 Å². The van der Waals surface area contributed by atoms with Gasteiger partial charge in [-0.25, -0.2) is 0 Å². The van der Waals surface area contributed by atoms with Gasteiger partial charge < -0.3 is 14.6 Å². The first-order valence-electron chi connectivity index (χ1n) is 10.2. The van der Waals surface area contributed by atoms with Crippen molar-refractivity contribution in [3.63, 3.8) is 0 Å². The molecule has 0 radical (unpaired) electrons. The summed E-state index contributed by atoms with van der Waals surface area (Å²) in [7, 11) is 1.52. The van der Waals surface area contributed by atoms with Crippen molar-refractivity contribution in [2.75, 3.05) is 26.7 Å². The van der Waals surface area contributed by atoms with E-state index in [9.17, 15) is 19.2 Å². The minimum atomic E-state index is -0.664. The van der Waals surface area contributed by atoms with E-state index in [2.05, 4.69) is 15.8 Å². The fourth-order valence-electron chi connectivity index (χ4n) is 3.59. The monoisotopic (exact) mass is 464 g/mol. The molecule has 1 aliphatic heterocycles. The topological polar surface area (TPSA) is 134 Å². The highest BCUT2D eigenvalue weighted by atomic mass is 35.5. The number of carbonyl (C=O) groups excluding carboxylic acids is 3. The van der Waals surface area contributed by atoms with Gasteiger partial charge in [0.2, 0.25) is 17.7 Å². The Labute approximate surface area is 189 Å². The van der Waals surface area contributed by atoms with E-state index >= 15 is 0 Å². The van der Waals surface area contributed by atoms with E-state index in [4.69, 9.17) is 20.9 Å². The summed E-state index contributed by atoms with van der Waals surface area (Å²) in [6.07, 6.45) is 0.784. The van der Waals surface area contributed by atoms with E-state index < -0.39 is 29.7 Å². The van der Waals surface area contributed by atoms with Gasteiger partial charge in [-0.05, 0) is 36.6 Å². The van der Waals surface area contributed by atoms with Gasteiger partial charge in [-0.1, -0.05) is 18.5 Å². The molecule has 10 nitrogen and oxygen atoms in total. The van der Waals surface area contributed by atoms with Crippen LogP contribution >= 0.6 is 11.6 Å². The highest BCUT2D eigenvalue weighted by Crippen LogP contribution is 2.26. The van der Waals surface area contributed by atoms with E-state index in [0.29, 0.717) is 28.5 Å². The van der Waals surface area contributed by atoms with Crippen molar-refractivity contribution in [3.05, 3.63) is 51.0 Å². The zero-order valence-electron chi connectivity index (χ0n) is 17.8. The number of imide groups is 1. The van der Waals surface area contributed by atoms with Gasteiger partial charge in [0.25, 0.3) is 5.56 Å². The van der Waals surface area contributed by atoms with Gasteiger partial charge in [0, 0.05) is 17.6 Å². The number of ether oxygens (including phenoxy) is 1. The standard InChI is InChI=1S/C21H25ClN4O6/c1-3-15(17-8-18(27)25-32-17)23-10-20(29)26-11-19(28)24-9-13(21(26)30)6-12-7-14(22)4-5-16(12)31-2/h4-5,7-8,13,15,23H,3,6,9-11H2,1-2H3,(H,24,28)(H,25,27)/t13-,15?/m1/s1. The maximum atomic E-state index is 13.2. The number of nitrogens with one attached hydrogen (secondary N) is 3. The maximum Gasteiger partial charge on any atom is 0.280 e. The predicted molar refractivity (Wildman–Crippen MR) is 115 cm³/mol. The minimum Gasteiger partial charge on any atom is -0.496 e. The Bertz CT molecular complexity index is 1050. The number of amides is 3. The smallest absolute Gasteiger partial charge is 0.280 e. The molecule has 11 heteroatoms. The number of methoxy groups -OCH3 is 1. The van der Waals surface area contributed by atoms with Gasteiger partial charge in [-0.3, -0.25) is 29.4 Å². The van der Waals surface area contributed by atoms with Crippen LogP contribution in [-0.4, -0.2) is 54.5 Å². The van der Waals surface area contributed by atoms with Crippen molar-refractivity contribution < 1.29 is 23.6 Å². The number of rotatable bonds is 8. The molecule has 0 aliphatic carbocycles. The number of hydrogen-bond acceptors (Lipinski definition) is 7. The van der Waals surface area contributed by atoms with Gasteiger partial charge in [-0.2, -0.15) is 5.16 Å². The van der Waals surface area contributed by atoms with Crippen LogP contribution in [0.5, 0.6) is 5.75 Å². The fourth-order valence-corrected chi connectivity index (χ4v) is 3.78. The summed E-state index contributed by atoms with van der Waals surface area (Å²) in [6, 6.07) is 5.98. The Balaban J connectivity index is 1.73. The van der Waals surface area contributed by atoms with Crippen molar-refractivity contribution >= 4 is 29.3 Å². The van der Waals surface area contributed by atoms with Gasteiger partial charge in [0.15, 0.2) is 5.76 Å². The Morgan fingerprint density at radius 3 is 2.78 bits per heavy atom. The summed E-state index contributed by atoms with van der Waals surface area (Å²) < 4.78 is 10.4. The molecule has 0 spiro atoms. The van der Waals surface area contributed by atoms with Gasteiger partial charge >= 0.3 is 0 Å². The fraction of sp³-hybridized carbons (Fsp3) is 0.429. The molecule has 1 fully saturated rings. The lowest BCUT2D eigenvalue weighted by molar-refractivity contribution is -0.148. The lowest BCUT2D eigenvalue weighted by Gasteiger charge is -2.23. The van der Waals surface area contributed by atoms with Crippen molar-refractivity contribution in [1.82, 2.24) is 20.7 Å². The van der Waals surface area contributed by atoms with E-state index in [1.54, 1.807) is 18.2 Å². The Kier molecular flexibility index (Phi) is 7.70. The summed E-state index contributed by atoms with van der Waals surface area (Å²) in [5.41, 5.74) is 0.318. The minimum absolute atomic E-state index is 0.0939. The molecule has 3 rings (SSSR count). The molecule has 3 amide bonds. The Morgan fingerprint density at radius 1 is 1.34 bits per heavy atom.